The molecule has 0 aliphatic carbocycles. The van der Waals surface area contributed by atoms with Crippen LogP contribution >= 0.6 is 0 Å². The molecule has 4 rings (SSSR count). The summed E-state index contributed by atoms with van der Waals surface area (Å²) in [7, 11) is 0. The minimum atomic E-state index is -0.245. The molecule has 2 aromatic heterocycles. The summed E-state index contributed by atoms with van der Waals surface area (Å²) in [4.78, 5) is 16.8. The maximum Gasteiger partial charge on any atom is 0.291 e. The van der Waals surface area contributed by atoms with E-state index in [1.807, 2.05) is 18.2 Å². The number of carbonyl (C=O) groups excluding carboxylic acids is 1. The summed E-state index contributed by atoms with van der Waals surface area (Å²) in [5.41, 5.74) is 2.82. The highest BCUT2D eigenvalue weighted by Gasteiger charge is 2.15. The Morgan fingerprint density at radius 1 is 1.23 bits per heavy atom. The Morgan fingerprint density at radius 2 is 2.18 bits per heavy atom. The standard InChI is InChI=1S/C17H17N3O2/c21-17(15-5-4-10-22-15)18-12-7-8-14-13(11-12)19-16-6-2-1-3-9-20(14)16/h4-5,7-8,10-11H,1-3,6,9H2,(H,18,21). The molecule has 22 heavy (non-hydrogen) atoms. The highest BCUT2D eigenvalue weighted by molar-refractivity contribution is 6.03. The van der Waals surface area contributed by atoms with Crippen LogP contribution in [0.2, 0.25) is 0 Å². The van der Waals surface area contributed by atoms with E-state index in [0.717, 1.165) is 35.5 Å². The molecule has 0 spiro atoms. The van der Waals surface area contributed by atoms with Gasteiger partial charge in [0.05, 0.1) is 17.3 Å². The SMILES string of the molecule is O=C(Nc1ccc2c(c1)nc1n2CCCCC1)c1ccco1. The maximum atomic E-state index is 12.0. The van der Waals surface area contributed by atoms with Crippen molar-refractivity contribution in [3.05, 3.63) is 48.2 Å². The fourth-order valence-corrected chi connectivity index (χ4v) is 3.03. The number of amides is 1. The number of hydrogen-bond donors (Lipinski definition) is 1. The molecule has 112 valence electrons. The molecule has 1 N–H and O–H groups in total. The first-order valence-electron chi connectivity index (χ1n) is 7.65. The van der Waals surface area contributed by atoms with Gasteiger partial charge in [-0.25, -0.2) is 4.98 Å². The molecule has 3 heterocycles. The van der Waals surface area contributed by atoms with Crippen LogP contribution in [0.25, 0.3) is 11.0 Å². The first-order valence-corrected chi connectivity index (χ1v) is 7.65. The van der Waals surface area contributed by atoms with Gasteiger partial charge in [0.2, 0.25) is 0 Å². The van der Waals surface area contributed by atoms with E-state index >= 15 is 0 Å². The lowest BCUT2D eigenvalue weighted by Crippen LogP contribution is -2.10. The van der Waals surface area contributed by atoms with Crippen LogP contribution in [0.5, 0.6) is 0 Å². The van der Waals surface area contributed by atoms with Crippen molar-refractivity contribution in [2.45, 2.75) is 32.2 Å². The molecule has 0 fully saturated rings. The van der Waals surface area contributed by atoms with E-state index < -0.39 is 0 Å². The van der Waals surface area contributed by atoms with E-state index in [-0.39, 0.29) is 5.91 Å². The molecule has 0 unspecified atom stereocenters. The lowest BCUT2D eigenvalue weighted by Gasteiger charge is -2.05. The number of nitrogens with zero attached hydrogens (tertiary/aromatic N) is 2. The second-order valence-electron chi connectivity index (χ2n) is 5.63. The van der Waals surface area contributed by atoms with E-state index in [0.29, 0.717) is 5.76 Å². The Kier molecular flexibility index (Phi) is 3.18. The second-order valence-corrected chi connectivity index (χ2v) is 5.63. The predicted molar refractivity (Wildman–Crippen MR) is 83.9 cm³/mol. The van der Waals surface area contributed by atoms with Gasteiger partial charge in [0.1, 0.15) is 5.82 Å². The summed E-state index contributed by atoms with van der Waals surface area (Å²) in [6, 6.07) is 9.23. The van der Waals surface area contributed by atoms with Crippen molar-refractivity contribution in [3.63, 3.8) is 0 Å². The third-order valence-corrected chi connectivity index (χ3v) is 4.11. The normalized spacial score (nSPS) is 14.5. The molecule has 1 aliphatic rings. The summed E-state index contributed by atoms with van der Waals surface area (Å²) in [6.07, 6.45) is 6.19. The van der Waals surface area contributed by atoms with Gasteiger partial charge < -0.3 is 14.3 Å². The van der Waals surface area contributed by atoms with Crippen LogP contribution < -0.4 is 5.32 Å². The van der Waals surface area contributed by atoms with Gasteiger partial charge in [-0.3, -0.25) is 4.79 Å². The number of hydrogen-bond acceptors (Lipinski definition) is 3. The topological polar surface area (TPSA) is 60.1 Å². The molecule has 5 heteroatoms. The van der Waals surface area contributed by atoms with E-state index in [1.54, 1.807) is 12.1 Å². The number of furan rings is 1. The molecule has 0 atom stereocenters. The van der Waals surface area contributed by atoms with Crippen LogP contribution in [0.1, 0.15) is 35.6 Å². The zero-order chi connectivity index (χ0) is 14.9. The maximum absolute atomic E-state index is 12.0. The predicted octanol–water partition coefficient (Wildman–Crippen LogP) is 3.61. The summed E-state index contributed by atoms with van der Waals surface area (Å²) >= 11 is 0. The first-order chi connectivity index (χ1) is 10.8. The van der Waals surface area contributed by atoms with Gasteiger partial charge in [-0.2, -0.15) is 0 Å². The van der Waals surface area contributed by atoms with E-state index in [1.165, 1.54) is 25.5 Å². The van der Waals surface area contributed by atoms with Gasteiger partial charge in [0.15, 0.2) is 5.76 Å². The second kappa shape index (κ2) is 5.33. The van der Waals surface area contributed by atoms with Crippen LogP contribution in [0.4, 0.5) is 5.69 Å². The summed E-state index contributed by atoms with van der Waals surface area (Å²) in [6.45, 7) is 1.03. The largest absolute Gasteiger partial charge is 0.459 e. The van der Waals surface area contributed by atoms with E-state index in [4.69, 9.17) is 9.40 Å². The summed E-state index contributed by atoms with van der Waals surface area (Å²) in [5, 5.41) is 2.85. The van der Waals surface area contributed by atoms with Crippen molar-refractivity contribution in [3.8, 4) is 0 Å². The minimum absolute atomic E-state index is 0.245. The van der Waals surface area contributed by atoms with E-state index in [2.05, 4.69) is 9.88 Å². The lowest BCUT2D eigenvalue weighted by molar-refractivity contribution is 0.0996. The molecule has 0 bridgehead atoms. The highest BCUT2D eigenvalue weighted by atomic mass is 16.3. The Bertz CT molecular complexity index is 818. The van der Waals surface area contributed by atoms with Crippen LogP contribution in [0.15, 0.2) is 41.0 Å². The first kappa shape index (κ1) is 13.1. The number of anilines is 1. The van der Waals surface area contributed by atoms with Gasteiger partial charge in [-0.15, -0.1) is 0 Å². The Labute approximate surface area is 127 Å². The Hall–Kier alpha value is -2.56. The van der Waals surface area contributed by atoms with Gasteiger partial charge in [0.25, 0.3) is 5.91 Å². The quantitative estimate of drug-likeness (QED) is 0.785. The van der Waals surface area contributed by atoms with E-state index in [9.17, 15) is 4.79 Å². The van der Waals surface area contributed by atoms with Crippen LogP contribution in [0, 0.1) is 0 Å². The van der Waals surface area contributed by atoms with Crippen molar-refractivity contribution in [2.75, 3.05) is 5.32 Å². The fraction of sp³-hybridized carbons (Fsp3) is 0.294. The molecule has 1 aromatic carbocycles. The molecular weight excluding hydrogens is 278 g/mol. The Balaban J connectivity index is 1.65. The van der Waals surface area contributed by atoms with Gasteiger partial charge in [-0.1, -0.05) is 6.42 Å². The van der Waals surface area contributed by atoms with Gasteiger partial charge in [0, 0.05) is 18.7 Å². The number of nitrogens with one attached hydrogen (secondary N) is 1. The van der Waals surface area contributed by atoms with Gasteiger partial charge >= 0.3 is 0 Å². The minimum Gasteiger partial charge on any atom is -0.459 e. The average Bonchev–Trinajstić information content (AvgIpc) is 3.10. The van der Waals surface area contributed by atoms with Crippen LogP contribution in [-0.4, -0.2) is 15.5 Å². The number of aryl methyl sites for hydroxylation is 2. The van der Waals surface area contributed by atoms with Gasteiger partial charge in [-0.05, 0) is 43.2 Å². The third kappa shape index (κ3) is 2.28. The number of fused-ring (bicyclic) bond motifs is 3. The monoisotopic (exact) mass is 295 g/mol. The molecule has 3 aromatic rings. The fourth-order valence-electron chi connectivity index (χ4n) is 3.03. The number of aromatic nitrogens is 2. The summed E-state index contributed by atoms with van der Waals surface area (Å²) in [5.74, 6) is 1.22. The zero-order valence-electron chi connectivity index (χ0n) is 12.2. The molecule has 1 aliphatic heterocycles. The van der Waals surface area contributed by atoms with Crippen LogP contribution in [-0.2, 0) is 13.0 Å². The van der Waals surface area contributed by atoms with Crippen molar-refractivity contribution in [1.29, 1.82) is 0 Å². The number of rotatable bonds is 2. The highest BCUT2D eigenvalue weighted by Crippen LogP contribution is 2.24. The smallest absolute Gasteiger partial charge is 0.291 e. The Morgan fingerprint density at radius 3 is 3.05 bits per heavy atom. The van der Waals surface area contributed by atoms with Crippen molar-refractivity contribution < 1.29 is 9.21 Å². The lowest BCUT2D eigenvalue weighted by atomic mass is 10.2. The molecule has 0 saturated carbocycles. The molecular formula is C17H17N3O2. The van der Waals surface area contributed by atoms with Crippen molar-refractivity contribution >= 4 is 22.6 Å². The average molecular weight is 295 g/mol. The number of carbonyl (C=O) groups is 1. The molecule has 5 nitrogen and oxygen atoms in total. The van der Waals surface area contributed by atoms with Crippen molar-refractivity contribution in [1.82, 2.24) is 9.55 Å². The van der Waals surface area contributed by atoms with Crippen LogP contribution in [0.3, 0.4) is 0 Å². The molecule has 1 amide bonds. The molecule has 0 saturated heterocycles. The number of benzene rings is 1. The molecule has 0 radical (unpaired) electrons. The van der Waals surface area contributed by atoms with Crippen molar-refractivity contribution in [2.24, 2.45) is 0 Å². The summed E-state index contributed by atoms with van der Waals surface area (Å²) < 4.78 is 7.41. The third-order valence-electron chi connectivity index (χ3n) is 4.11. The number of imidazole rings is 1. The zero-order valence-corrected chi connectivity index (χ0v) is 12.2.